The summed E-state index contributed by atoms with van der Waals surface area (Å²) in [6.45, 7) is 5.78. The molecule has 2 rings (SSSR count). The summed E-state index contributed by atoms with van der Waals surface area (Å²) in [5.41, 5.74) is 0.926. The Kier molecular flexibility index (Phi) is 3.54. The quantitative estimate of drug-likeness (QED) is 0.812. The van der Waals surface area contributed by atoms with Gasteiger partial charge in [-0.15, -0.1) is 0 Å². The van der Waals surface area contributed by atoms with Crippen LogP contribution in [0.25, 0.3) is 11.0 Å². The van der Waals surface area contributed by atoms with Gasteiger partial charge in [0.1, 0.15) is 11.2 Å². The minimum absolute atomic E-state index is 0.278. The summed E-state index contributed by atoms with van der Waals surface area (Å²) in [6.07, 6.45) is 0. The lowest BCUT2D eigenvalue weighted by Gasteiger charge is -2.21. The van der Waals surface area contributed by atoms with E-state index in [1.165, 1.54) is 0 Å². The van der Waals surface area contributed by atoms with Gasteiger partial charge in [-0.05, 0) is 39.0 Å². The van der Waals surface area contributed by atoms with E-state index in [1.54, 1.807) is 13.0 Å². The van der Waals surface area contributed by atoms with Crippen LogP contribution >= 0.6 is 11.6 Å². The van der Waals surface area contributed by atoms with E-state index in [4.69, 9.17) is 16.3 Å². The van der Waals surface area contributed by atoms with Gasteiger partial charge in [0.15, 0.2) is 0 Å². The number of fused-ring (bicyclic) bond motifs is 1. The highest BCUT2D eigenvalue weighted by molar-refractivity contribution is 6.31. The van der Waals surface area contributed by atoms with Crippen LogP contribution in [0.15, 0.2) is 18.2 Å². The van der Waals surface area contributed by atoms with Crippen LogP contribution < -0.4 is 0 Å². The predicted molar refractivity (Wildman–Crippen MR) is 75.4 cm³/mol. The Morgan fingerprint density at radius 2 is 2.16 bits per heavy atom. The number of esters is 1. The average Bonchev–Trinajstić information content (AvgIpc) is 2.68. The molecule has 0 fully saturated rings. The Morgan fingerprint density at radius 1 is 1.47 bits per heavy atom. The molecule has 0 aliphatic heterocycles. The van der Waals surface area contributed by atoms with Crippen molar-refractivity contribution in [2.24, 2.45) is 7.05 Å². The van der Waals surface area contributed by atoms with Crippen LogP contribution in [0.4, 0.5) is 0 Å². The van der Waals surface area contributed by atoms with E-state index in [2.05, 4.69) is 4.98 Å². The molecule has 0 saturated carbocycles. The van der Waals surface area contributed by atoms with E-state index in [9.17, 15) is 4.79 Å². The number of carbonyl (C=O) groups is 1. The van der Waals surface area contributed by atoms with Gasteiger partial charge in [0.25, 0.3) is 0 Å². The minimum atomic E-state index is -0.795. The molecule has 0 unspecified atom stereocenters. The number of rotatable bonds is 3. The van der Waals surface area contributed by atoms with Gasteiger partial charge in [0.2, 0.25) is 0 Å². The van der Waals surface area contributed by atoms with Gasteiger partial charge in [-0.1, -0.05) is 11.6 Å². The van der Waals surface area contributed by atoms with Gasteiger partial charge in [-0.25, -0.2) is 4.98 Å². The van der Waals surface area contributed by atoms with Crippen molar-refractivity contribution in [3.8, 4) is 0 Å². The summed E-state index contributed by atoms with van der Waals surface area (Å²) in [5, 5.41) is 0.649. The van der Waals surface area contributed by atoms with Gasteiger partial charge in [0.05, 0.1) is 17.6 Å². The normalized spacial score (nSPS) is 11.8. The van der Waals surface area contributed by atoms with Crippen LogP contribution in [-0.2, 0) is 22.0 Å². The van der Waals surface area contributed by atoms with Crippen molar-refractivity contribution in [1.29, 1.82) is 0 Å². The zero-order valence-corrected chi connectivity index (χ0v) is 12.3. The third-order valence-corrected chi connectivity index (χ3v) is 3.42. The summed E-state index contributed by atoms with van der Waals surface area (Å²) >= 11 is 5.99. The summed E-state index contributed by atoms with van der Waals surface area (Å²) in [5.74, 6) is 0.391. The Balaban J connectivity index is 2.56. The fraction of sp³-hybridized carbons (Fsp3) is 0.429. The first-order valence-corrected chi connectivity index (χ1v) is 6.55. The average molecular weight is 281 g/mol. The second kappa shape index (κ2) is 4.85. The SMILES string of the molecule is CCOC(=O)C(C)(C)c1nc2ccc(Cl)cc2n1C. The number of halogens is 1. The molecule has 0 aliphatic rings. The largest absolute Gasteiger partial charge is 0.465 e. The number of imidazole rings is 1. The highest BCUT2D eigenvalue weighted by Crippen LogP contribution is 2.28. The third kappa shape index (κ3) is 2.32. The topological polar surface area (TPSA) is 44.1 Å². The van der Waals surface area contributed by atoms with E-state index >= 15 is 0 Å². The highest BCUT2D eigenvalue weighted by Gasteiger charge is 2.36. The fourth-order valence-electron chi connectivity index (χ4n) is 2.12. The molecule has 5 heteroatoms. The lowest BCUT2D eigenvalue weighted by Crippen LogP contribution is -2.33. The van der Waals surface area contributed by atoms with Crippen molar-refractivity contribution in [3.05, 3.63) is 29.0 Å². The second-order valence-electron chi connectivity index (χ2n) is 4.97. The second-order valence-corrected chi connectivity index (χ2v) is 5.41. The molecule has 0 atom stereocenters. The summed E-state index contributed by atoms with van der Waals surface area (Å²) in [6, 6.07) is 5.48. The molecule has 0 bridgehead atoms. The van der Waals surface area contributed by atoms with Crippen LogP contribution in [0.1, 0.15) is 26.6 Å². The molecule has 0 amide bonds. The molecule has 1 heterocycles. The third-order valence-electron chi connectivity index (χ3n) is 3.19. The van der Waals surface area contributed by atoms with Crippen LogP contribution in [0.2, 0.25) is 5.02 Å². The number of nitrogens with zero attached hydrogens (tertiary/aromatic N) is 2. The van der Waals surface area contributed by atoms with Crippen molar-refractivity contribution in [2.45, 2.75) is 26.2 Å². The molecule has 102 valence electrons. The number of benzene rings is 1. The van der Waals surface area contributed by atoms with E-state index < -0.39 is 5.41 Å². The summed E-state index contributed by atoms with van der Waals surface area (Å²) in [7, 11) is 1.88. The number of carbonyl (C=O) groups excluding carboxylic acids is 1. The van der Waals surface area contributed by atoms with Gasteiger partial charge in [-0.2, -0.15) is 0 Å². The van der Waals surface area contributed by atoms with Crippen molar-refractivity contribution in [3.63, 3.8) is 0 Å². The van der Waals surface area contributed by atoms with E-state index in [1.807, 2.05) is 37.6 Å². The molecule has 2 aromatic rings. The van der Waals surface area contributed by atoms with Gasteiger partial charge < -0.3 is 9.30 Å². The Bertz CT molecular complexity index is 632. The maximum Gasteiger partial charge on any atom is 0.319 e. The summed E-state index contributed by atoms with van der Waals surface area (Å²) < 4.78 is 7.00. The monoisotopic (exact) mass is 280 g/mol. The van der Waals surface area contributed by atoms with Crippen molar-refractivity contribution < 1.29 is 9.53 Å². The maximum atomic E-state index is 12.1. The number of hydrogen-bond acceptors (Lipinski definition) is 3. The smallest absolute Gasteiger partial charge is 0.319 e. The highest BCUT2D eigenvalue weighted by atomic mass is 35.5. The molecule has 1 aromatic carbocycles. The number of aryl methyl sites for hydroxylation is 1. The first-order valence-electron chi connectivity index (χ1n) is 6.17. The van der Waals surface area contributed by atoms with E-state index in [0.29, 0.717) is 17.5 Å². The van der Waals surface area contributed by atoms with E-state index in [0.717, 1.165) is 11.0 Å². The van der Waals surface area contributed by atoms with Crippen LogP contribution in [0.3, 0.4) is 0 Å². The number of aromatic nitrogens is 2. The lowest BCUT2D eigenvalue weighted by molar-refractivity contribution is -0.149. The molecule has 0 aliphatic carbocycles. The first-order chi connectivity index (χ1) is 8.87. The molecule has 0 saturated heterocycles. The molecule has 0 N–H and O–H groups in total. The van der Waals surface area contributed by atoms with Crippen LogP contribution in [0, 0.1) is 0 Å². The number of hydrogen-bond donors (Lipinski definition) is 0. The van der Waals surface area contributed by atoms with Gasteiger partial charge in [0, 0.05) is 12.1 Å². The van der Waals surface area contributed by atoms with Crippen LogP contribution in [-0.4, -0.2) is 22.1 Å². The van der Waals surface area contributed by atoms with Crippen molar-refractivity contribution >= 4 is 28.6 Å². The predicted octanol–water partition coefficient (Wildman–Crippen LogP) is 3.07. The summed E-state index contributed by atoms with van der Waals surface area (Å²) in [4.78, 5) is 16.6. The minimum Gasteiger partial charge on any atom is -0.465 e. The van der Waals surface area contributed by atoms with Gasteiger partial charge >= 0.3 is 5.97 Å². The van der Waals surface area contributed by atoms with Gasteiger partial charge in [-0.3, -0.25) is 4.79 Å². The molecule has 0 radical (unpaired) electrons. The Morgan fingerprint density at radius 3 is 2.79 bits per heavy atom. The van der Waals surface area contributed by atoms with E-state index in [-0.39, 0.29) is 5.97 Å². The van der Waals surface area contributed by atoms with Crippen molar-refractivity contribution in [1.82, 2.24) is 9.55 Å². The molecule has 4 nitrogen and oxygen atoms in total. The molecular formula is C14H17ClN2O2. The number of ether oxygens (including phenoxy) is 1. The Labute approximate surface area is 117 Å². The Hall–Kier alpha value is -1.55. The lowest BCUT2D eigenvalue weighted by atomic mass is 9.92. The van der Waals surface area contributed by atoms with Crippen LogP contribution in [0.5, 0.6) is 0 Å². The zero-order chi connectivity index (χ0) is 14.2. The first kappa shape index (κ1) is 13.9. The molecule has 19 heavy (non-hydrogen) atoms. The molecular weight excluding hydrogens is 264 g/mol. The van der Waals surface area contributed by atoms with Crippen molar-refractivity contribution in [2.75, 3.05) is 6.61 Å². The molecule has 0 spiro atoms. The molecule has 1 aromatic heterocycles. The standard InChI is InChI=1S/C14H17ClN2O2/c1-5-19-13(18)14(2,3)12-16-10-7-6-9(15)8-11(10)17(12)4/h6-8H,5H2,1-4H3. The fourth-order valence-corrected chi connectivity index (χ4v) is 2.29. The maximum absolute atomic E-state index is 12.1. The zero-order valence-electron chi connectivity index (χ0n) is 11.5.